The van der Waals surface area contributed by atoms with Crippen molar-refractivity contribution in [2.24, 2.45) is 0 Å². The van der Waals surface area contributed by atoms with Crippen LogP contribution in [0.1, 0.15) is 5.56 Å². The van der Waals surface area contributed by atoms with Gasteiger partial charge in [0.25, 0.3) is 5.56 Å². The van der Waals surface area contributed by atoms with Gasteiger partial charge < -0.3 is 0 Å². The molecule has 2 aromatic rings. The number of sulfone groups is 1. The van der Waals surface area contributed by atoms with Crippen LogP contribution in [0.25, 0.3) is 10.9 Å². The zero-order valence-electron chi connectivity index (χ0n) is 8.81. The van der Waals surface area contributed by atoms with Crippen LogP contribution in [0.5, 0.6) is 0 Å². The molecule has 0 bridgehead atoms. The van der Waals surface area contributed by atoms with Gasteiger partial charge in [-0.3, -0.25) is 9.78 Å². The Morgan fingerprint density at radius 3 is 2.62 bits per heavy atom. The molecule has 5 nitrogen and oxygen atoms in total. The van der Waals surface area contributed by atoms with Gasteiger partial charge in [0.15, 0.2) is 0 Å². The van der Waals surface area contributed by atoms with Gasteiger partial charge in [0.05, 0.1) is 10.9 Å². The Morgan fingerprint density at radius 1 is 1.31 bits per heavy atom. The smallest absolute Gasteiger partial charge is 0.259 e. The Labute approximate surface area is 92.1 Å². The standard InChI is InChI=1S/C10H10N2O3S/c1-6-3-4-8-7(5-6)9(13)12-10(11-8)16(2,14)15/h3-5H,1-2H3,(H,11,12,13). The quantitative estimate of drug-likeness (QED) is 0.739. The number of aromatic amines is 1. The van der Waals surface area contributed by atoms with Gasteiger partial charge in [0.2, 0.25) is 15.0 Å². The van der Waals surface area contributed by atoms with Gasteiger partial charge >= 0.3 is 0 Å². The third-order valence-corrected chi connectivity index (χ3v) is 3.09. The Balaban J connectivity index is 2.90. The number of aryl methyl sites for hydroxylation is 1. The molecule has 1 N–H and O–H groups in total. The molecule has 0 saturated carbocycles. The minimum atomic E-state index is -3.49. The highest BCUT2D eigenvalue weighted by atomic mass is 32.2. The largest absolute Gasteiger partial charge is 0.297 e. The number of benzene rings is 1. The van der Waals surface area contributed by atoms with E-state index in [1.807, 2.05) is 6.92 Å². The lowest BCUT2D eigenvalue weighted by molar-refractivity contribution is 0.593. The lowest BCUT2D eigenvalue weighted by Crippen LogP contribution is -2.15. The van der Waals surface area contributed by atoms with Crippen molar-refractivity contribution in [2.45, 2.75) is 12.1 Å². The molecular weight excluding hydrogens is 228 g/mol. The van der Waals surface area contributed by atoms with Crippen molar-refractivity contribution in [1.29, 1.82) is 0 Å². The Bertz CT molecular complexity index is 716. The molecule has 16 heavy (non-hydrogen) atoms. The molecule has 0 aliphatic heterocycles. The molecule has 0 radical (unpaired) electrons. The highest BCUT2D eigenvalue weighted by molar-refractivity contribution is 7.90. The van der Waals surface area contributed by atoms with Crippen LogP contribution in [0.2, 0.25) is 0 Å². The number of aromatic nitrogens is 2. The van der Waals surface area contributed by atoms with Crippen LogP contribution in [0.3, 0.4) is 0 Å². The molecule has 2 rings (SSSR count). The minimum absolute atomic E-state index is 0.297. The predicted molar refractivity (Wildman–Crippen MR) is 60.2 cm³/mol. The summed E-state index contributed by atoms with van der Waals surface area (Å²) >= 11 is 0. The fourth-order valence-corrected chi connectivity index (χ4v) is 1.95. The lowest BCUT2D eigenvalue weighted by atomic mass is 10.2. The summed E-state index contributed by atoms with van der Waals surface area (Å²) in [5, 5.41) is 0.0984. The van der Waals surface area contributed by atoms with Crippen molar-refractivity contribution in [3.63, 3.8) is 0 Å². The average molecular weight is 238 g/mol. The highest BCUT2D eigenvalue weighted by Gasteiger charge is 2.12. The number of nitrogens with zero attached hydrogens (tertiary/aromatic N) is 1. The normalized spacial score (nSPS) is 11.9. The lowest BCUT2D eigenvalue weighted by Gasteiger charge is -2.01. The van der Waals surface area contributed by atoms with E-state index < -0.39 is 15.4 Å². The molecule has 0 aliphatic rings. The first-order chi connectivity index (χ1) is 7.38. The number of hydrogen-bond acceptors (Lipinski definition) is 4. The van der Waals surface area contributed by atoms with Crippen molar-refractivity contribution < 1.29 is 8.42 Å². The summed E-state index contributed by atoms with van der Waals surface area (Å²) in [6.07, 6.45) is 1.01. The second kappa shape index (κ2) is 3.41. The van der Waals surface area contributed by atoms with Crippen molar-refractivity contribution in [3.8, 4) is 0 Å². The number of rotatable bonds is 1. The Hall–Kier alpha value is -1.69. The first-order valence-electron chi connectivity index (χ1n) is 4.59. The van der Waals surface area contributed by atoms with Crippen molar-refractivity contribution >= 4 is 20.7 Å². The summed E-state index contributed by atoms with van der Waals surface area (Å²) in [6.45, 7) is 1.85. The van der Waals surface area contributed by atoms with Crippen molar-refractivity contribution in [3.05, 3.63) is 34.1 Å². The van der Waals surface area contributed by atoms with Gasteiger partial charge in [-0.25, -0.2) is 13.4 Å². The number of fused-ring (bicyclic) bond motifs is 1. The predicted octanol–water partition coefficient (Wildman–Crippen LogP) is 0.635. The van der Waals surface area contributed by atoms with Crippen LogP contribution < -0.4 is 5.56 Å². The molecule has 0 unspecified atom stereocenters. The number of nitrogens with one attached hydrogen (secondary N) is 1. The number of hydrogen-bond donors (Lipinski definition) is 1. The monoisotopic (exact) mass is 238 g/mol. The minimum Gasteiger partial charge on any atom is -0.297 e. The molecule has 0 amide bonds. The third kappa shape index (κ3) is 1.83. The van der Waals surface area contributed by atoms with E-state index >= 15 is 0 Å². The van der Waals surface area contributed by atoms with Gasteiger partial charge in [-0.2, -0.15) is 0 Å². The Morgan fingerprint density at radius 2 is 2.00 bits per heavy atom. The molecule has 0 atom stereocenters. The van der Waals surface area contributed by atoms with Gasteiger partial charge in [0, 0.05) is 6.26 Å². The molecule has 84 valence electrons. The van der Waals surface area contributed by atoms with E-state index in [0.717, 1.165) is 11.8 Å². The average Bonchev–Trinajstić information content (AvgIpc) is 2.17. The summed E-state index contributed by atoms with van der Waals surface area (Å²) in [4.78, 5) is 17.8. The molecule has 0 fully saturated rings. The van der Waals surface area contributed by atoms with Crippen LogP contribution in [0.15, 0.2) is 28.2 Å². The van der Waals surface area contributed by atoms with Gasteiger partial charge in [-0.05, 0) is 19.1 Å². The molecule has 0 spiro atoms. The highest BCUT2D eigenvalue weighted by Crippen LogP contribution is 2.11. The van der Waals surface area contributed by atoms with Gasteiger partial charge in [-0.1, -0.05) is 11.6 Å². The van der Waals surface area contributed by atoms with Crippen LogP contribution in [-0.4, -0.2) is 24.6 Å². The molecule has 6 heteroatoms. The van der Waals surface area contributed by atoms with Crippen LogP contribution in [0, 0.1) is 6.92 Å². The van der Waals surface area contributed by atoms with E-state index in [-0.39, 0.29) is 5.16 Å². The molecule has 0 saturated heterocycles. The third-order valence-electron chi connectivity index (χ3n) is 2.19. The van der Waals surface area contributed by atoms with E-state index in [9.17, 15) is 13.2 Å². The summed E-state index contributed by atoms with van der Waals surface area (Å²) < 4.78 is 22.5. The molecule has 1 heterocycles. The fourth-order valence-electron chi connectivity index (χ4n) is 1.41. The molecule has 1 aromatic carbocycles. The van der Waals surface area contributed by atoms with Crippen LogP contribution in [0.4, 0.5) is 0 Å². The maximum absolute atomic E-state index is 11.6. The van der Waals surface area contributed by atoms with Crippen LogP contribution >= 0.6 is 0 Å². The first kappa shape index (κ1) is 10.8. The second-order valence-corrected chi connectivity index (χ2v) is 5.59. The summed E-state index contributed by atoms with van der Waals surface area (Å²) in [6, 6.07) is 5.09. The van der Waals surface area contributed by atoms with E-state index in [1.54, 1.807) is 18.2 Å². The van der Waals surface area contributed by atoms with E-state index in [4.69, 9.17) is 0 Å². The Kier molecular flexibility index (Phi) is 2.31. The molecule has 1 aromatic heterocycles. The SMILES string of the molecule is Cc1ccc2nc(S(C)(=O)=O)[nH]c(=O)c2c1. The maximum Gasteiger partial charge on any atom is 0.259 e. The van der Waals surface area contributed by atoms with E-state index in [0.29, 0.717) is 10.9 Å². The van der Waals surface area contributed by atoms with Gasteiger partial charge in [-0.15, -0.1) is 0 Å². The van der Waals surface area contributed by atoms with Crippen molar-refractivity contribution in [2.75, 3.05) is 6.26 Å². The van der Waals surface area contributed by atoms with Crippen LogP contribution in [-0.2, 0) is 9.84 Å². The van der Waals surface area contributed by atoms with E-state index in [1.165, 1.54) is 0 Å². The van der Waals surface area contributed by atoms with E-state index in [2.05, 4.69) is 9.97 Å². The molecule has 0 aliphatic carbocycles. The van der Waals surface area contributed by atoms with Gasteiger partial charge in [0.1, 0.15) is 0 Å². The van der Waals surface area contributed by atoms with Crippen molar-refractivity contribution in [1.82, 2.24) is 9.97 Å². The zero-order chi connectivity index (χ0) is 11.9. The molecular formula is C10H10N2O3S. The maximum atomic E-state index is 11.6. The summed E-state index contributed by atoms with van der Waals surface area (Å²) in [7, 11) is -3.49. The topological polar surface area (TPSA) is 79.9 Å². The fraction of sp³-hybridized carbons (Fsp3) is 0.200. The summed E-state index contributed by atoms with van der Waals surface area (Å²) in [5.74, 6) is 0. The zero-order valence-corrected chi connectivity index (χ0v) is 9.63. The summed E-state index contributed by atoms with van der Waals surface area (Å²) in [5.41, 5.74) is 0.871. The second-order valence-electron chi connectivity index (χ2n) is 3.66. The number of H-pyrrole nitrogens is 1. The first-order valence-corrected chi connectivity index (χ1v) is 6.48.